The molecule has 0 spiro atoms. The zero-order valence-electron chi connectivity index (χ0n) is 11.6. The fourth-order valence-electron chi connectivity index (χ4n) is 2.38. The van der Waals surface area contributed by atoms with Gasteiger partial charge in [-0.2, -0.15) is 0 Å². The molecule has 0 aliphatic carbocycles. The van der Waals surface area contributed by atoms with Crippen LogP contribution in [0.4, 0.5) is 0 Å². The van der Waals surface area contributed by atoms with Crippen LogP contribution in [0.1, 0.15) is 17.5 Å². The largest absolute Gasteiger partial charge is 0.337 e. The molecule has 0 saturated carbocycles. The van der Waals surface area contributed by atoms with Gasteiger partial charge in [-0.1, -0.05) is 24.3 Å². The Balaban J connectivity index is 1.97. The van der Waals surface area contributed by atoms with Crippen LogP contribution in [0.25, 0.3) is 0 Å². The maximum absolute atomic E-state index is 12.2. The second-order valence-corrected chi connectivity index (χ2v) is 7.56. The Morgan fingerprint density at radius 1 is 1.35 bits per heavy atom. The summed E-state index contributed by atoms with van der Waals surface area (Å²) in [4.78, 5) is 13.9. The Morgan fingerprint density at radius 3 is 2.65 bits per heavy atom. The summed E-state index contributed by atoms with van der Waals surface area (Å²) in [7, 11) is -3.08. The van der Waals surface area contributed by atoms with E-state index in [4.69, 9.17) is 5.73 Å². The standard InChI is InChI=1S/C14H20N2O3S/c1-20(18,19)9-7-13(15)14(17)16-8-6-11-4-2-3-5-12(11)10-16/h2-5,13H,6-10,15H2,1H3. The molecule has 1 aliphatic rings. The van der Waals surface area contributed by atoms with Crippen molar-refractivity contribution in [3.05, 3.63) is 35.4 Å². The second kappa shape index (κ2) is 5.93. The lowest BCUT2D eigenvalue weighted by molar-refractivity contribution is -0.133. The van der Waals surface area contributed by atoms with E-state index < -0.39 is 15.9 Å². The quantitative estimate of drug-likeness (QED) is 0.868. The maximum Gasteiger partial charge on any atom is 0.239 e. The molecule has 1 unspecified atom stereocenters. The number of hydrogen-bond acceptors (Lipinski definition) is 4. The number of carbonyl (C=O) groups excluding carboxylic acids is 1. The first-order valence-corrected chi connectivity index (χ1v) is 8.72. The summed E-state index contributed by atoms with van der Waals surface area (Å²) in [6, 6.07) is 7.29. The molecule has 1 aromatic rings. The summed E-state index contributed by atoms with van der Waals surface area (Å²) in [5.41, 5.74) is 8.23. The van der Waals surface area contributed by atoms with Gasteiger partial charge in [0, 0.05) is 19.3 Å². The molecule has 1 aliphatic heterocycles. The number of benzene rings is 1. The van der Waals surface area contributed by atoms with Crippen LogP contribution in [-0.2, 0) is 27.6 Å². The van der Waals surface area contributed by atoms with Crippen LogP contribution in [0, 0.1) is 0 Å². The smallest absolute Gasteiger partial charge is 0.239 e. The summed E-state index contributed by atoms with van der Waals surface area (Å²) in [5.74, 6) is -0.215. The van der Waals surface area contributed by atoms with Gasteiger partial charge in [0.2, 0.25) is 5.91 Å². The Labute approximate surface area is 119 Å². The van der Waals surface area contributed by atoms with Gasteiger partial charge < -0.3 is 10.6 Å². The summed E-state index contributed by atoms with van der Waals surface area (Å²) in [5, 5.41) is 0. The molecule has 0 aromatic heterocycles. The van der Waals surface area contributed by atoms with Gasteiger partial charge in [-0.15, -0.1) is 0 Å². The number of sulfone groups is 1. The van der Waals surface area contributed by atoms with Crippen molar-refractivity contribution in [3.63, 3.8) is 0 Å². The first-order valence-electron chi connectivity index (χ1n) is 6.66. The maximum atomic E-state index is 12.2. The van der Waals surface area contributed by atoms with Gasteiger partial charge >= 0.3 is 0 Å². The zero-order chi connectivity index (χ0) is 14.8. The third-order valence-electron chi connectivity index (χ3n) is 3.56. The predicted octanol–water partition coefficient (Wildman–Crippen LogP) is 0.333. The molecular weight excluding hydrogens is 276 g/mol. The van der Waals surface area contributed by atoms with Gasteiger partial charge in [0.1, 0.15) is 9.84 Å². The highest BCUT2D eigenvalue weighted by molar-refractivity contribution is 7.90. The van der Waals surface area contributed by atoms with Crippen LogP contribution < -0.4 is 5.73 Å². The lowest BCUT2D eigenvalue weighted by Gasteiger charge is -2.30. The average Bonchev–Trinajstić information content (AvgIpc) is 2.42. The van der Waals surface area contributed by atoms with E-state index in [2.05, 4.69) is 6.07 Å². The highest BCUT2D eigenvalue weighted by Crippen LogP contribution is 2.19. The third-order valence-corrected chi connectivity index (χ3v) is 4.54. The highest BCUT2D eigenvalue weighted by atomic mass is 32.2. The molecule has 5 nitrogen and oxygen atoms in total. The molecule has 0 saturated heterocycles. The number of fused-ring (bicyclic) bond motifs is 1. The number of amides is 1. The molecule has 6 heteroatoms. The normalized spacial score (nSPS) is 16.6. The number of hydrogen-bond donors (Lipinski definition) is 1. The SMILES string of the molecule is CS(=O)(=O)CCC(N)C(=O)N1CCc2ccccc2C1. The van der Waals surface area contributed by atoms with E-state index >= 15 is 0 Å². The third kappa shape index (κ3) is 3.80. The Morgan fingerprint density at radius 2 is 2.00 bits per heavy atom. The predicted molar refractivity (Wildman–Crippen MR) is 77.9 cm³/mol. The van der Waals surface area contributed by atoms with Crippen LogP contribution in [0.2, 0.25) is 0 Å². The summed E-state index contributed by atoms with van der Waals surface area (Å²) in [6.45, 7) is 1.20. The molecule has 1 heterocycles. The van der Waals surface area contributed by atoms with E-state index in [1.54, 1.807) is 4.90 Å². The van der Waals surface area contributed by atoms with E-state index in [1.165, 1.54) is 5.56 Å². The van der Waals surface area contributed by atoms with Crippen molar-refractivity contribution in [2.24, 2.45) is 5.73 Å². The Hall–Kier alpha value is -1.40. The van der Waals surface area contributed by atoms with Crippen molar-refractivity contribution in [2.75, 3.05) is 18.6 Å². The van der Waals surface area contributed by atoms with Crippen molar-refractivity contribution >= 4 is 15.7 Å². The number of nitrogens with zero attached hydrogens (tertiary/aromatic N) is 1. The average molecular weight is 296 g/mol. The van der Waals surface area contributed by atoms with E-state index in [9.17, 15) is 13.2 Å². The zero-order valence-corrected chi connectivity index (χ0v) is 12.4. The fraction of sp³-hybridized carbons (Fsp3) is 0.500. The first-order chi connectivity index (χ1) is 9.37. The first kappa shape index (κ1) is 15.0. The Bertz CT molecular complexity index is 598. The fourth-order valence-corrected chi connectivity index (χ4v) is 3.06. The lowest BCUT2D eigenvalue weighted by Crippen LogP contribution is -2.46. The van der Waals surface area contributed by atoms with Gasteiger partial charge in [0.15, 0.2) is 0 Å². The van der Waals surface area contributed by atoms with Crippen LogP contribution in [-0.4, -0.2) is 43.8 Å². The van der Waals surface area contributed by atoms with Crippen LogP contribution in [0.5, 0.6) is 0 Å². The van der Waals surface area contributed by atoms with Crippen molar-refractivity contribution in [1.29, 1.82) is 0 Å². The molecule has 1 aromatic carbocycles. The van der Waals surface area contributed by atoms with Gasteiger partial charge in [-0.25, -0.2) is 8.42 Å². The van der Waals surface area contributed by atoms with E-state index in [-0.39, 0.29) is 18.1 Å². The molecule has 0 fully saturated rings. The van der Waals surface area contributed by atoms with Crippen molar-refractivity contribution in [2.45, 2.75) is 25.4 Å². The highest BCUT2D eigenvalue weighted by Gasteiger charge is 2.25. The summed E-state index contributed by atoms with van der Waals surface area (Å²) >= 11 is 0. The molecule has 2 rings (SSSR count). The minimum atomic E-state index is -3.08. The van der Waals surface area contributed by atoms with Gasteiger partial charge in [0.05, 0.1) is 11.8 Å². The molecule has 110 valence electrons. The molecular formula is C14H20N2O3S. The topological polar surface area (TPSA) is 80.5 Å². The molecule has 20 heavy (non-hydrogen) atoms. The number of carbonyl (C=O) groups is 1. The minimum Gasteiger partial charge on any atom is -0.337 e. The van der Waals surface area contributed by atoms with Crippen molar-refractivity contribution < 1.29 is 13.2 Å². The van der Waals surface area contributed by atoms with Gasteiger partial charge in [-0.05, 0) is 24.0 Å². The molecule has 1 atom stereocenters. The monoisotopic (exact) mass is 296 g/mol. The number of rotatable bonds is 4. The van der Waals surface area contributed by atoms with E-state index in [0.717, 1.165) is 18.2 Å². The van der Waals surface area contributed by atoms with Crippen molar-refractivity contribution in [1.82, 2.24) is 4.90 Å². The Kier molecular flexibility index (Phi) is 4.45. The molecule has 2 N–H and O–H groups in total. The molecule has 1 amide bonds. The van der Waals surface area contributed by atoms with Crippen LogP contribution in [0.3, 0.4) is 0 Å². The number of nitrogens with two attached hydrogens (primary N) is 1. The van der Waals surface area contributed by atoms with Gasteiger partial charge in [-0.3, -0.25) is 4.79 Å². The van der Waals surface area contributed by atoms with Crippen LogP contribution >= 0.6 is 0 Å². The summed E-state index contributed by atoms with van der Waals surface area (Å²) in [6.07, 6.45) is 2.15. The summed E-state index contributed by atoms with van der Waals surface area (Å²) < 4.78 is 22.2. The minimum absolute atomic E-state index is 0.0513. The van der Waals surface area contributed by atoms with E-state index in [1.807, 2.05) is 18.2 Å². The lowest BCUT2D eigenvalue weighted by atomic mass is 9.99. The molecule has 0 bridgehead atoms. The molecule has 0 radical (unpaired) electrons. The van der Waals surface area contributed by atoms with Crippen LogP contribution in [0.15, 0.2) is 24.3 Å². The van der Waals surface area contributed by atoms with Crippen molar-refractivity contribution in [3.8, 4) is 0 Å². The second-order valence-electron chi connectivity index (χ2n) is 5.30. The van der Waals surface area contributed by atoms with Gasteiger partial charge in [0.25, 0.3) is 0 Å². The van der Waals surface area contributed by atoms with E-state index in [0.29, 0.717) is 13.1 Å².